The van der Waals surface area contributed by atoms with Gasteiger partial charge in [0.25, 0.3) is 0 Å². The van der Waals surface area contributed by atoms with E-state index in [2.05, 4.69) is 15.2 Å². The second kappa shape index (κ2) is 4.96. The smallest absolute Gasteiger partial charge is 0.408 e. The molecule has 0 unspecified atom stereocenters. The average molecular weight is 247 g/mol. The minimum absolute atomic E-state index is 0.388. The van der Waals surface area contributed by atoms with Crippen LogP contribution < -0.4 is 11.1 Å². The van der Waals surface area contributed by atoms with E-state index in [9.17, 15) is 4.79 Å². The summed E-state index contributed by atoms with van der Waals surface area (Å²) in [6.45, 7) is 5.26. The Hall–Kier alpha value is -1.59. The minimum Gasteiger partial charge on any atom is -0.408 e. The van der Waals surface area contributed by atoms with Crippen LogP contribution in [-0.4, -0.2) is 36.1 Å². The van der Waals surface area contributed by atoms with Gasteiger partial charge in [0.15, 0.2) is 5.58 Å². The van der Waals surface area contributed by atoms with E-state index in [1.165, 1.54) is 12.0 Å². The SMILES string of the molecule is O=c1[nH]c2cc(CN3CCCNCC3)ccc2o1. The van der Waals surface area contributed by atoms with Crippen molar-refractivity contribution in [2.75, 3.05) is 26.2 Å². The fraction of sp³-hybridized carbons (Fsp3) is 0.462. The summed E-state index contributed by atoms with van der Waals surface area (Å²) in [4.78, 5) is 16.2. The number of aromatic nitrogens is 1. The zero-order valence-corrected chi connectivity index (χ0v) is 10.2. The highest BCUT2D eigenvalue weighted by Crippen LogP contribution is 2.14. The van der Waals surface area contributed by atoms with Crippen molar-refractivity contribution < 1.29 is 4.42 Å². The summed E-state index contributed by atoms with van der Waals surface area (Å²) < 4.78 is 5.00. The van der Waals surface area contributed by atoms with E-state index < -0.39 is 0 Å². The Balaban J connectivity index is 1.78. The predicted octanol–water partition coefficient (Wildman–Crippen LogP) is 0.916. The molecule has 18 heavy (non-hydrogen) atoms. The first kappa shape index (κ1) is 11.5. The van der Waals surface area contributed by atoms with Crippen molar-refractivity contribution in [2.24, 2.45) is 0 Å². The third kappa shape index (κ3) is 2.47. The molecule has 1 saturated heterocycles. The normalized spacial score (nSPS) is 18.0. The summed E-state index contributed by atoms with van der Waals surface area (Å²) in [7, 11) is 0. The topological polar surface area (TPSA) is 61.3 Å². The van der Waals surface area contributed by atoms with E-state index in [4.69, 9.17) is 4.42 Å². The van der Waals surface area contributed by atoms with E-state index in [0.717, 1.165) is 38.2 Å². The fourth-order valence-corrected chi connectivity index (χ4v) is 2.42. The number of hydrogen-bond donors (Lipinski definition) is 2. The monoisotopic (exact) mass is 247 g/mol. The molecule has 0 atom stereocenters. The maximum absolute atomic E-state index is 11.1. The molecule has 3 rings (SSSR count). The van der Waals surface area contributed by atoms with Crippen molar-refractivity contribution in [3.8, 4) is 0 Å². The first-order chi connectivity index (χ1) is 8.81. The van der Waals surface area contributed by atoms with Gasteiger partial charge in [0.1, 0.15) is 0 Å². The molecule has 0 spiro atoms. The Labute approximate surface area is 105 Å². The van der Waals surface area contributed by atoms with Crippen molar-refractivity contribution in [2.45, 2.75) is 13.0 Å². The molecular formula is C13H17N3O2. The van der Waals surface area contributed by atoms with Crippen LogP contribution in [0, 0.1) is 0 Å². The van der Waals surface area contributed by atoms with Crippen molar-refractivity contribution in [3.63, 3.8) is 0 Å². The maximum Gasteiger partial charge on any atom is 0.417 e. The van der Waals surface area contributed by atoms with Gasteiger partial charge in [-0.25, -0.2) is 4.79 Å². The van der Waals surface area contributed by atoms with Gasteiger partial charge in [-0.05, 0) is 37.2 Å². The number of nitrogens with one attached hydrogen (secondary N) is 2. The highest BCUT2D eigenvalue weighted by Gasteiger charge is 2.10. The van der Waals surface area contributed by atoms with E-state index in [-0.39, 0.29) is 5.76 Å². The molecule has 1 aromatic carbocycles. The molecule has 0 saturated carbocycles. The maximum atomic E-state index is 11.1. The van der Waals surface area contributed by atoms with Gasteiger partial charge in [-0.2, -0.15) is 0 Å². The van der Waals surface area contributed by atoms with Crippen molar-refractivity contribution in [1.82, 2.24) is 15.2 Å². The number of nitrogens with zero attached hydrogens (tertiary/aromatic N) is 1. The summed E-state index contributed by atoms with van der Waals surface area (Å²) in [6.07, 6.45) is 1.19. The third-order valence-corrected chi connectivity index (χ3v) is 3.32. The van der Waals surface area contributed by atoms with Crippen LogP contribution >= 0.6 is 0 Å². The van der Waals surface area contributed by atoms with Crippen molar-refractivity contribution in [1.29, 1.82) is 0 Å². The standard InChI is InChI=1S/C13H17N3O2/c17-13-15-11-8-10(2-3-12(11)18-13)9-16-6-1-4-14-5-7-16/h2-3,8,14H,1,4-7,9H2,(H,15,17). The van der Waals surface area contributed by atoms with Gasteiger partial charge in [-0.3, -0.25) is 9.88 Å². The van der Waals surface area contributed by atoms with Gasteiger partial charge in [0.05, 0.1) is 5.52 Å². The average Bonchev–Trinajstić information content (AvgIpc) is 2.56. The Bertz CT molecular complexity index is 579. The van der Waals surface area contributed by atoms with Crippen LogP contribution in [0.3, 0.4) is 0 Å². The van der Waals surface area contributed by atoms with Gasteiger partial charge >= 0.3 is 5.76 Å². The lowest BCUT2D eigenvalue weighted by Crippen LogP contribution is -2.27. The quantitative estimate of drug-likeness (QED) is 0.828. The summed E-state index contributed by atoms with van der Waals surface area (Å²) in [5, 5.41) is 3.39. The molecule has 1 aliphatic heterocycles. The Kier molecular flexibility index (Phi) is 3.17. The van der Waals surface area contributed by atoms with Crippen LogP contribution in [0.5, 0.6) is 0 Å². The molecule has 1 aliphatic rings. The van der Waals surface area contributed by atoms with Crippen LogP contribution in [0.1, 0.15) is 12.0 Å². The summed E-state index contributed by atoms with van der Waals surface area (Å²) in [5.41, 5.74) is 2.62. The molecule has 0 amide bonds. The van der Waals surface area contributed by atoms with Gasteiger partial charge in [-0.1, -0.05) is 6.07 Å². The van der Waals surface area contributed by atoms with Crippen molar-refractivity contribution >= 4 is 11.1 Å². The molecule has 0 radical (unpaired) electrons. The minimum atomic E-state index is -0.388. The molecule has 0 bridgehead atoms. The van der Waals surface area contributed by atoms with Gasteiger partial charge < -0.3 is 9.73 Å². The molecule has 2 aromatic rings. The van der Waals surface area contributed by atoms with E-state index in [0.29, 0.717) is 5.58 Å². The molecule has 5 heteroatoms. The molecule has 0 aliphatic carbocycles. The van der Waals surface area contributed by atoms with Crippen LogP contribution in [0.15, 0.2) is 27.4 Å². The molecular weight excluding hydrogens is 230 g/mol. The number of rotatable bonds is 2. The summed E-state index contributed by atoms with van der Waals surface area (Å²) in [6, 6.07) is 5.88. The molecule has 1 fully saturated rings. The zero-order chi connectivity index (χ0) is 12.4. The summed E-state index contributed by atoms with van der Waals surface area (Å²) >= 11 is 0. The number of oxazole rings is 1. The molecule has 2 heterocycles. The van der Waals surface area contributed by atoms with Crippen LogP contribution in [-0.2, 0) is 6.54 Å². The third-order valence-electron chi connectivity index (χ3n) is 3.32. The van der Waals surface area contributed by atoms with Crippen LogP contribution in [0.4, 0.5) is 0 Å². The van der Waals surface area contributed by atoms with E-state index in [1.807, 2.05) is 18.2 Å². The number of aromatic amines is 1. The zero-order valence-electron chi connectivity index (χ0n) is 10.2. The van der Waals surface area contributed by atoms with Gasteiger partial charge in [0.2, 0.25) is 0 Å². The van der Waals surface area contributed by atoms with Crippen molar-refractivity contribution in [3.05, 3.63) is 34.3 Å². The first-order valence-electron chi connectivity index (χ1n) is 6.36. The number of benzene rings is 1. The number of fused-ring (bicyclic) bond motifs is 1. The highest BCUT2D eigenvalue weighted by molar-refractivity contribution is 5.72. The number of H-pyrrole nitrogens is 1. The molecule has 5 nitrogen and oxygen atoms in total. The lowest BCUT2D eigenvalue weighted by atomic mass is 10.2. The van der Waals surface area contributed by atoms with Crippen LogP contribution in [0.2, 0.25) is 0 Å². The molecule has 1 aromatic heterocycles. The lowest BCUT2D eigenvalue weighted by molar-refractivity contribution is 0.284. The molecule has 96 valence electrons. The number of hydrogen-bond acceptors (Lipinski definition) is 4. The second-order valence-corrected chi connectivity index (χ2v) is 4.72. The summed E-state index contributed by atoms with van der Waals surface area (Å²) in [5.74, 6) is -0.388. The molecule has 2 N–H and O–H groups in total. The predicted molar refractivity (Wildman–Crippen MR) is 69.6 cm³/mol. The first-order valence-corrected chi connectivity index (χ1v) is 6.36. The lowest BCUT2D eigenvalue weighted by Gasteiger charge is -2.19. The van der Waals surface area contributed by atoms with E-state index in [1.54, 1.807) is 0 Å². The Morgan fingerprint density at radius 1 is 1.28 bits per heavy atom. The van der Waals surface area contributed by atoms with Gasteiger partial charge in [0, 0.05) is 19.6 Å². The van der Waals surface area contributed by atoms with Crippen LogP contribution in [0.25, 0.3) is 11.1 Å². The largest absolute Gasteiger partial charge is 0.417 e. The fourth-order valence-electron chi connectivity index (χ4n) is 2.42. The Morgan fingerprint density at radius 2 is 2.22 bits per heavy atom. The highest BCUT2D eigenvalue weighted by atomic mass is 16.4. The van der Waals surface area contributed by atoms with E-state index >= 15 is 0 Å². The van der Waals surface area contributed by atoms with Gasteiger partial charge in [-0.15, -0.1) is 0 Å². The Morgan fingerprint density at radius 3 is 3.17 bits per heavy atom. The second-order valence-electron chi connectivity index (χ2n) is 4.72.